The average Bonchev–Trinajstić information content (AvgIpc) is 2.68. The number of nitrogen functional groups attached to an aromatic ring is 1. The smallest absolute Gasteiger partial charge is 0.207 e. The second-order valence-corrected chi connectivity index (χ2v) is 4.53. The number of rotatable bonds is 1. The Balaban J connectivity index is 2.31. The van der Waals surface area contributed by atoms with E-state index in [1.54, 1.807) is 23.6 Å². The van der Waals surface area contributed by atoms with E-state index < -0.39 is 0 Å². The average molecular weight is 256 g/mol. The monoisotopic (exact) mass is 256 g/mol. The maximum atomic E-state index is 13.7. The molecule has 0 aliphatic rings. The summed E-state index contributed by atoms with van der Waals surface area (Å²) < 4.78 is 15.3. The lowest BCUT2D eigenvalue weighted by Gasteiger charge is -2.07. The van der Waals surface area contributed by atoms with E-state index in [0.29, 0.717) is 28.4 Å². The summed E-state index contributed by atoms with van der Waals surface area (Å²) in [6, 6.07) is 8.69. The third-order valence-corrected chi connectivity index (χ3v) is 3.08. The highest BCUT2D eigenvalue weighted by Crippen LogP contribution is 2.23. The minimum absolute atomic E-state index is 0.272. The van der Waals surface area contributed by atoms with Crippen LogP contribution in [0, 0.1) is 19.7 Å². The van der Waals surface area contributed by atoms with Crippen molar-refractivity contribution in [3.05, 3.63) is 47.4 Å². The third kappa shape index (κ3) is 1.83. The zero-order valence-electron chi connectivity index (χ0n) is 10.7. The molecule has 0 radical (unpaired) electrons. The van der Waals surface area contributed by atoms with E-state index in [0.717, 1.165) is 5.69 Å². The number of anilines is 1. The first-order valence-corrected chi connectivity index (χ1v) is 5.94. The van der Waals surface area contributed by atoms with Crippen molar-refractivity contribution in [2.24, 2.45) is 0 Å². The van der Waals surface area contributed by atoms with Crippen molar-refractivity contribution in [1.29, 1.82) is 0 Å². The highest BCUT2D eigenvalue weighted by atomic mass is 19.1. The van der Waals surface area contributed by atoms with E-state index in [9.17, 15) is 4.39 Å². The molecular weight excluding hydrogens is 243 g/mol. The van der Waals surface area contributed by atoms with Crippen LogP contribution >= 0.6 is 0 Å². The first kappa shape index (κ1) is 11.6. The number of fused-ring (bicyclic) bond motifs is 1. The van der Waals surface area contributed by atoms with Crippen molar-refractivity contribution in [3.63, 3.8) is 0 Å². The summed E-state index contributed by atoms with van der Waals surface area (Å²) >= 11 is 0. The van der Waals surface area contributed by atoms with Crippen LogP contribution in [0.2, 0.25) is 0 Å². The lowest BCUT2D eigenvalue weighted by atomic mass is 10.2. The maximum absolute atomic E-state index is 13.7. The van der Waals surface area contributed by atoms with Gasteiger partial charge < -0.3 is 5.73 Å². The molecule has 1 aromatic carbocycles. The lowest BCUT2D eigenvalue weighted by molar-refractivity contribution is 0.617. The Morgan fingerprint density at radius 3 is 2.63 bits per heavy atom. The predicted molar refractivity (Wildman–Crippen MR) is 72.7 cm³/mol. The molecule has 2 heterocycles. The summed E-state index contributed by atoms with van der Waals surface area (Å²) in [7, 11) is 0. The summed E-state index contributed by atoms with van der Waals surface area (Å²) in [5.41, 5.74) is 9.33. The Labute approximate surface area is 109 Å². The van der Waals surface area contributed by atoms with Gasteiger partial charge in [0.1, 0.15) is 11.3 Å². The summed E-state index contributed by atoms with van der Waals surface area (Å²) in [5, 5.41) is 0. The van der Waals surface area contributed by atoms with Crippen LogP contribution in [-0.4, -0.2) is 14.5 Å². The van der Waals surface area contributed by atoms with Crippen LogP contribution in [-0.2, 0) is 0 Å². The van der Waals surface area contributed by atoms with Crippen LogP contribution in [0.4, 0.5) is 10.3 Å². The van der Waals surface area contributed by atoms with Crippen LogP contribution in [0.3, 0.4) is 0 Å². The van der Waals surface area contributed by atoms with Gasteiger partial charge in [0.2, 0.25) is 5.95 Å². The van der Waals surface area contributed by atoms with E-state index in [2.05, 4.69) is 9.97 Å². The van der Waals surface area contributed by atoms with Crippen molar-refractivity contribution in [2.75, 3.05) is 5.73 Å². The molecule has 3 aromatic rings. The van der Waals surface area contributed by atoms with Crippen LogP contribution < -0.4 is 5.73 Å². The van der Waals surface area contributed by atoms with Gasteiger partial charge in [-0.05, 0) is 43.7 Å². The molecule has 0 amide bonds. The van der Waals surface area contributed by atoms with Gasteiger partial charge in [-0.1, -0.05) is 6.07 Å². The number of aromatic nitrogens is 3. The van der Waals surface area contributed by atoms with Crippen molar-refractivity contribution < 1.29 is 4.39 Å². The number of nitrogens with two attached hydrogens (primary N) is 1. The molecule has 0 spiro atoms. The van der Waals surface area contributed by atoms with Crippen LogP contribution in [0.15, 0.2) is 30.3 Å². The molecule has 5 heteroatoms. The molecule has 19 heavy (non-hydrogen) atoms. The normalized spacial score (nSPS) is 11.1. The third-order valence-electron chi connectivity index (χ3n) is 3.08. The molecule has 2 N–H and O–H groups in total. The van der Waals surface area contributed by atoms with Crippen LogP contribution in [0.25, 0.3) is 16.9 Å². The van der Waals surface area contributed by atoms with Gasteiger partial charge in [0, 0.05) is 5.69 Å². The molecule has 0 fully saturated rings. The van der Waals surface area contributed by atoms with Crippen LogP contribution in [0.5, 0.6) is 0 Å². The number of imidazole rings is 1. The molecule has 0 bridgehead atoms. The Morgan fingerprint density at radius 2 is 1.89 bits per heavy atom. The zero-order chi connectivity index (χ0) is 13.6. The Morgan fingerprint density at radius 1 is 1.11 bits per heavy atom. The zero-order valence-corrected chi connectivity index (χ0v) is 10.7. The second kappa shape index (κ2) is 4.05. The number of hydrogen-bond donors (Lipinski definition) is 1. The molecular formula is C14H13FN4. The molecule has 0 unspecified atom stereocenters. The van der Waals surface area contributed by atoms with Gasteiger partial charge in [-0.3, -0.25) is 4.57 Å². The molecule has 0 aliphatic carbocycles. The summed E-state index contributed by atoms with van der Waals surface area (Å²) in [5.74, 6) is 0.0303. The first-order chi connectivity index (χ1) is 9.06. The molecule has 4 nitrogen and oxygen atoms in total. The fourth-order valence-electron chi connectivity index (χ4n) is 2.04. The molecule has 0 saturated heterocycles. The fourth-order valence-corrected chi connectivity index (χ4v) is 2.04. The summed E-state index contributed by atoms with van der Waals surface area (Å²) in [6.45, 7) is 3.61. The van der Waals surface area contributed by atoms with Gasteiger partial charge in [-0.15, -0.1) is 0 Å². The summed E-state index contributed by atoms with van der Waals surface area (Å²) in [4.78, 5) is 8.66. The van der Waals surface area contributed by atoms with E-state index in [1.807, 2.05) is 19.1 Å². The minimum atomic E-state index is -0.272. The second-order valence-electron chi connectivity index (χ2n) is 4.53. The number of nitrogens with zero attached hydrogens (tertiary/aromatic N) is 3. The van der Waals surface area contributed by atoms with E-state index in [4.69, 9.17) is 5.73 Å². The van der Waals surface area contributed by atoms with Crippen molar-refractivity contribution in [2.45, 2.75) is 13.8 Å². The molecule has 0 saturated carbocycles. The number of hydrogen-bond acceptors (Lipinski definition) is 3. The number of aryl methyl sites for hydroxylation is 2. The van der Waals surface area contributed by atoms with Crippen molar-refractivity contribution in [1.82, 2.24) is 14.5 Å². The molecule has 2 aromatic heterocycles. The first-order valence-electron chi connectivity index (χ1n) is 5.94. The van der Waals surface area contributed by atoms with Gasteiger partial charge >= 0.3 is 0 Å². The molecule has 96 valence electrons. The maximum Gasteiger partial charge on any atom is 0.207 e. The highest BCUT2D eigenvalue weighted by molar-refractivity contribution is 5.77. The Kier molecular flexibility index (Phi) is 2.48. The highest BCUT2D eigenvalue weighted by Gasteiger charge is 2.12. The number of benzene rings is 1. The van der Waals surface area contributed by atoms with Crippen molar-refractivity contribution >= 4 is 17.1 Å². The number of pyridine rings is 1. The topological polar surface area (TPSA) is 56.7 Å². The molecule has 3 rings (SSSR count). The molecule has 0 aliphatic heterocycles. The van der Waals surface area contributed by atoms with Crippen molar-refractivity contribution in [3.8, 4) is 5.69 Å². The van der Waals surface area contributed by atoms with Gasteiger partial charge in [-0.2, -0.15) is 0 Å². The quantitative estimate of drug-likeness (QED) is 0.728. The largest absolute Gasteiger partial charge is 0.369 e. The van der Waals surface area contributed by atoms with Crippen LogP contribution in [0.1, 0.15) is 11.3 Å². The molecule has 0 atom stereocenters. The Bertz CT molecular complexity index is 776. The minimum Gasteiger partial charge on any atom is -0.369 e. The lowest BCUT2D eigenvalue weighted by Crippen LogP contribution is -2.02. The van der Waals surface area contributed by atoms with Gasteiger partial charge in [0.05, 0.1) is 5.69 Å². The van der Waals surface area contributed by atoms with E-state index in [-0.39, 0.29) is 5.82 Å². The Hall–Kier alpha value is -2.43. The van der Waals surface area contributed by atoms with E-state index >= 15 is 0 Å². The SMILES string of the molecule is Cc1ccc2nc(N)n(-c3ccc(C)c(F)c3)c2n1. The summed E-state index contributed by atoms with van der Waals surface area (Å²) in [6.07, 6.45) is 0. The van der Waals surface area contributed by atoms with Gasteiger partial charge in [0.15, 0.2) is 5.65 Å². The fraction of sp³-hybridized carbons (Fsp3) is 0.143. The predicted octanol–water partition coefficient (Wildman–Crippen LogP) is 2.76. The van der Waals surface area contributed by atoms with E-state index in [1.165, 1.54) is 6.07 Å². The number of halogens is 1. The standard InChI is InChI=1S/C14H13FN4/c1-8-3-5-10(7-11(8)15)19-13-12(18-14(19)16)6-4-9(2)17-13/h3-7H,1-2H3,(H2,16,18). The van der Waals surface area contributed by atoms with Gasteiger partial charge in [-0.25, -0.2) is 14.4 Å². The van der Waals surface area contributed by atoms with Gasteiger partial charge in [0.25, 0.3) is 0 Å².